The third-order valence-electron chi connectivity index (χ3n) is 9.48. The molecule has 0 aromatic carbocycles. The summed E-state index contributed by atoms with van der Waals surface area (Å²) < 4.78 is 5.38. The maximum atomic E-state index is 12.1. The highest BCUT2D eigenvalue weighted by Gasteiger charge is 2.50. The summed E-state index contributed by atoms with van der Waals surface area (Å²) in [5.41, 5.74) is 1.89. The monoisotopic (exact) mass is 554 g/mol. The first-order valence-corrected chi connectivity index (χ1v) is 15.4. The Kier molecular flexibility index (Phi) is 10.6. The van der Waals surface area contributed by atoms with Crippen LogP contribution < -0.4 is 0 Å². The fourth-order valence-corrected chi connectivity index (χ4v) is 7.56. The zero-order chi connectivity index (χ0) is 29.9. The van der Waals surface area contributed by atoms with E-state index < -0.39 is 23.4 Å². The smallest absolute Gasteiger partial charge is 0.306 e. The second kappa shape index (κ2) is 13.0. The molecule has 0 aromatic rings. The SMILES string of the molecule is C=C1/C(=C\C=C2/CCC[C@]3(C)[C@@H]([C@H](C)CC#CC(C)(C)O)CC[C@@H]23)C[C@@H](O)[C@H](CCCC(=O)OC(C)(C)C)[C@@H]1O. The average Bonchev–Trinajstić information content (AvgIpc) is 3.18. The summed E-state index contributed by atoms with van der Waals surface area (Å²) >= 11 is 0. The minimum atomic E-state index is -0.944. The van der Waals surface area contributed by atoms with Gasteiger partial charge < -0.3 is 20.1 Å². The van der Waals surface area contributed by atoms with E-state index in [1.807, 2.05) is 20.8 Å². The number of carbonyl (C=O) groups excluding carboxylic acids is 1. The van der Waals surface area contributed by atoms with Crippen LogP contribution in [0.4, 0.5) is 0 Å². The molecular weight excluding hydrogens is 500 g/mol. The molecule has 3 saturated carbocycles. The number of allylic oxidation sites excluding steroid dienone is 3. The molecule has 5 nitrogen and oxygen atoms in total. The molecule has 3 aliphatic carbocycles. The number of carbonyl (C=O) groups is 1. The predicted molar refractivity (Wildman–Crippen MR) is 161 cm³/mol. The van der Waals surface area contributed by atoms with Gasteiger partial charge in [-0.05, 0) is 120 Å². The molecule has 0 saturated heterocycles. The van der Waals surface area contributed by atoms with Gasteiger partial charge in [-0.2, -0.15) is 0 Å². The normalized spacial score (nSPS) is 33.9. The van der Waals surface area contributed by atoms with Crippen LogP contribution in [0.2, 0.25) is 0 Å². The van der Waals surface area contributed by atoms with Crippen LogP contribution in [-0.2, 0) is 9.53 Å². The fraction of sp³-hybridized carbons (Fsp3) is 0.743. The van der Waals surface area contributed by atoms with Crippen LogP contribution in [0.1, 0.15) is 113 Å². The lowest BCUT2D eigenvalue weighted by Gasteiger charge is -2.44. The maximum Gasteiger partial charge on any atom is 0.306 e. The van der Waals surface area contributed by atoms with Crippen molar-refractivity contribution in [1.82, 2.24) is 0 Å². The number of ether oxygens (including phenoxy) is 1. The van der Waals surface area contributed by atoms with E-state index in [-0.39, 0.29) is 23.7 Å². The van der Waals surface area contributed by atoms with Gasteiger partial charge in [-0.1, -0.05) is 44.1 Å². The number of fused-ring (bicyclic) bond motifs is 1. The third kappa shape index (κ3) is 8.34. The van der Waals surface area contributed by atoms with E-state index in [2.05, 4.69) is 44.4 Å². The van der Waals surface area contributed by atoms with Gasteiger partial charge in [-0.3, -0.25) is 4.79 Å². The Hall–Kier alpha value is -1.87. The molecule has 0 spiro atoms. The molecule has 3 fully saturated rings. The third-order valence-corrected chi connectivity index (χ3v) is 9.48. The van der Waals surface area contributed by atoms with Gasteiger partial charge in [0.15, 0.2) is 0 Å². The van der Waals surface area contributed by atoms with E-state index in [9.17, 15) is 20.1 Å². The van der Waals surface area contributed by atoms with Crippen molar-refractivity contribution < 1.29 is 24.9 Å². The van der Waals surface area contributed by atoms with Crippen molar-refractivity contribution >= 4 is 5.97 Å². The molecule has 0 aliphatic heterocycles. The molecule has 0 aromatic heterocycles. The van der Waals surface area contributed by atoms with Crippen molar-refractivity contribution in [3.05, 3.63) is 35.5 Å². The van der Waals surface area contributed by atoms with Crippen molar-refractivity contribution in [2.24, 2.45) is 29.1 Å². The van der Waals surface area contributed by atoms with Crippen molar-refractivity contribution in [1.29, 1.82) is 0 Å². The first kappa shape index (κ1) is 32.6. The van der Waals surface area contributed by atoms with Gasteiger partial charge in [0.25, 0.3) is 0 Å². The van der Waals surface area contributed by atoms with Gasteiger partial charge in [0.1, 0.15) is 11.2 Å². The molecule has 3 rings (SSSR count). The summed E-state index contributed by atoms with van der Waals surface area (Å²) in [6.07, 6.45) is 11.4. The van der Waals surface area contributed by atoms with Crippen LogP contribution in [0.5, 0.6) is 0 Å². The molecule has 7 atom stereocenters. The minimum absolute atomic E-state index is 0.247. The first-order chi connectivity index (χ1) is 18.5. The molecule has 3 aliphatic rings. The quantitative estimate of drug-likeness (QED) is 0.242. The molecule has 0 heterocycles. The van der Waals surface area contributed by atoms with Crippen LogP contribution in [0.3, 0.4) is 0 Å². The average molecular weight is 555 g/mol. The van der Waals surface area contributed by atoms with Crippen LogP contribution >= 0.6 is 0 Å². The van der Waals surface area contributed by atoms with Crippen molar-refractivity contribution in [2.75, 3.05) is 0 Å². The predicted octanol–water partition coefficient (Wildman–Crippen LogP) is 6.67. The highest BCUT2D eigenvalue weighted by Crippen LogP contribution is 2.59. The number of hydrogen-bond acceptors (Lipinski definition) is 5. The summed E-state index contributed by atoms with van der Waals surface area (Å²) in [7, 11) is 0. The Balaban J connectivity index is 1.64. The highest BCUT2D eigenvalue weighted by atomic mass is 16.6. The van der Waals surface area contributed by atoms with Gasteiger partial charge in [0.05, 0.1) is 12.2 Å². The largest absolute Gasteiger partial charge is 0.460 e. The summed E-state index contributed by atoms with van der Waals surface area (Å²) in [6.45, 7) is 18.0. The Labute approximate surface area is 243 Å². The van der Waals surface area contributed by atoms with Crippen LogP contribution in [-0.4, -0.2) is 44.7 Å². The van der Waals surface area contributed by atoms with E-state index in [1.165, 1.54) is 31.3 Å². The lowest BCUT2D eigenvalue weighted by atomic mass is 9.61. The van der Waals surface area contributed by atoms with E-state index in [1.54, 1.807) is 13.8 Å². The number of aliphatic hydroxyl groups is 3. The van der Waals surface area contributed by atoms with Gasteiger partial charge >= 0.3 is 5.97 Å². The van der Waals surface area contributed by atoms with Crippen LogP contribution in [0.15, 0.2) is 35.5 Å². The lowest BCUT2D eigenvalue weighted by molar-refractivity contribution is -0.155. The molecule has 0 unspecified atom stereocenters. The Bertz CT molecular complexity index is 1040. The Morgan fingerprint density at radius 3 is 2.55 bits per heavy atom. The van der Waals surface area contributed by atoms with E-state index >= 15 is 0 Å². The van der Waals surface area contributed by atoms with E-state index in [0.29, 0.717) is 42.6 Å². The van der Waals surface area contributed by atoms with Crippen molar-refractivity contribution in [3.8, 4) is 11.8 Å². The topological polar surface area (TPSA) is 87.0 Å². The van der Waals surface area contributed by atoms with Gasteiger partial charge in [-0.25, -0.2) is 0 Å². The van der Waals surface area contributed by atoms with Crippen molar-refractivity contribution in [3.63, 3.8) is 0 Å². The summed E-state index contributed by atoms with van der Waals surface area (Å²) in [5.74, 6) is 7.28. The summed E-state index contributed by atoms with van der Waals surface area (Å²) in [6, 6.07) is 0. The number of rotatable bonds is 7. The molecule has 5 heteroatoms. The summed E-state index contributed by atoms with van der Waals surface area (Å²) in [5, 5.41) is 31.9. The van der Waals surface area contributed by atoms with Crippen LogP contribution in [0.25, 0.3) is 0 Å². The number of aliphatic hydroxyl groups excluding tert-OH is 2. The second-order valence-corrected chi connectivity index (χ2v) is 14.5. The van der Waals surface area contributed by atoms with Gasteiger partial charge in [0, 0.05) is 18.8 Å². The molecule has 40 heavy (non-hydrogen) atoms. The maximum absolute atomic E-state index is 12.1. The van der Waals surface area contributed by atoms with Gasteiger partial charge in [0.2, 0.25) is 0 Å². The standard InChI is InChI=1S/C35H54O5/c1-23(12-10-20-34(6,7)39)28-18-19-29-25(13-11-21-35(28,29)8)16-17-26-22-30(36)27(32(38)24(26)2)14-9-15-31(37)40-33(3,4)5/h16-17,23,27-30,32,36,38-39H,2,9,11-15,18-19,21-22H2,1,3-8H3/b25-16+,26-17-/t23-,27+,28-,29+,30-,32-,35-/m1/s1. The van der Waals surface area contributed by atoms with Crippen molar-refractivity contribution in [2.45, 2.75) is 136 Å². The lowest BCUT2D eigenvalue weighted by Crippen LogP contribution is -2.38. The Morgan fingerprint density at radius 1 is 1.20 bits per heavy atom. The molecule has 3 N–H and O–H groups in total. The Morgan fingerprint density at radius 2 is 1.90 bits per heavy atom. The summed E-state index contributed by atoms with van der Waals surface area (Å²) in [4.78, 5) is 12.1. The minimum Gasteiger partial charge on any atom is -0.460 e. The molecular formula is C35H54O5. The molecule has 0 bridgehead atoms. The number of esters is 1. The first-order valence-electron chi connectivity index (χ1n) is 15.4. The second-order valence-electron chi connectivity index (χ2n) is 14.5. The highest BCUT2D eigenvalue weighted by molar-refractivity contribution is 5.69. The zero-order valence-corrected chi connectivity index (χ0v) is 26.1. The number of hydrogen-bond donors (Lipinski definition) is 3. The molecule has 0 amide bonds. The zero-order valence-electron chi connectivity index (χ0n) is 26.1. The van der Waals surface area contributed by atoms with Gasteiger partial charge in [-0.15, -0.1) is 5.92 Å². The fourth-order valence-electron chi connectivity index (χ4n) is 7.56. The van der Waals surface area contributed by atoms with E-state index in [4.69, 9.17) is 4.74 Å². The van der Waals surface area contributed by atoms with Crippen LogP contribution in [0, 0.1) is 40.9 Å². The van der Waals surface area contributed by atoms with E-state index in [0.717, 1.165) is 18.4 Å². The molecule has 224 valence electrons. The molecule has 0 radical (unpaired) electrons.